The van der Waals surface area contributed by atoms with Crippen LogP contribution in [0.5, 0.6) is 0 Å². The van der Waals surface area contributed by atoms with E-state index in [1.807, 2.05) is 0 Å². The summed E-state index contributed by atoms with van der Waals surface area (Å²) in [4.78, 5) is 5.04. The molecule has 0 amide bonds. The van der Waals surface area contributed by atoms with Gasteiger partial charge >= 0.3 is 0 Å². The first-order valence-electron chi connectivity index (χ1n) is 12.7. The Labute approximate surface area is 184 Å². The second-order valence-electron chi connectivity index (χ2n) is 10.2. The molecule has 0 aromatic heterocycles. The van der Waals surface area contributed by atoms with Crippen molar-refractivity contribution in [3.05, 3.63) is 46.2 Å². The summed E-state index contributed by atoms with van der Waals surface area (Å²) in [7, 11) is 0. The van der Waals surface area contributed by atoms with Gasteiger partial charge in [0.05, 0.1) is 6.04 Å². The van der Waals surface area contributed by atoms with Crippen molar-refractivity contribution in [1.82, 2.24) is 5.32 Å². The monoisotopic (exact) mass is 406 g/mol. The van der Waals surface area contributed by atoms with E-state index >= 15 is 0 Å². The van der Waals surface area contributed by atoms with Crippen molar-refractivity contribution >= 4 is 6.21 Å². The highest BCUT2D eigenvalue weighted by atomic mass is 14.9. The molecule has 0 radical (unpaired) electrons. The maximum atomic E-state index is 5.04. The topological polar surface area (TPSA) is 24.4 Å². The summed E-state index contributed by atoms with van der Waals surface area (Å²) in [5.74, 6) is 1.50. The Kier molecular flexibility index (Phi) is 7.33. The summed E-state index contributed by atoms with van der Waals surface area (Å²) in [6, 6.07) is 1.06. The molecule has 2 aliphatic heterocycles. The standard InChI is InChI=1S/C28H42N2/c1-4-5-6-7-10-23-18-22-19-28(24-14-13-20(2)17-21(24)3)30-27-12-9-8-11-26(27)25(22)15-16-29-23/h9,12-13,16,21,23-24,28,30H,4-8,10-11,14-15,17-19H2,1-3H3. The highest BCUT2D eigenvalue weighted by Gasteiger charge is 2.34. The Morgan fingerprint density at radius 2 is 2.00 bits per heavy atom. The van der Waals surface area contributed by atoms with E-state index in [0.717, 1.165) is 18.3 Å². The van der Waals surface area contributed by atoms with Gasteiger partial charge < -0.3 is 5.32 Å². The smallest absolute Gasteiger partial charge is 0.0533 e. The lowest BCUT2D eigenvalue weighted by atomic mass is 9.74. The predicted octanol–water partition coefficient (Wildman–Crippen LogP) is 7.45. The van der Waals surface area contributed by atoms with Crippen molar-refractivity contribution in [3.8, 4) is 0 Å². The summed E-state index contributed by atoms with van der Waals surface area (Å²) in [6.45, 7) is 7.08. The molecule has 0 saturated carbocycles. The van der Waals surface area contributed by atoms with Crippen LogP contribution in [0.2, 0.25) is 0 Å². The number of aliphatic imine (C=N–C) groups is 1. The van der Waals surface area contributed by atoms with Gasteiger partial charge in [-0.05, 0) is 80.9 Å². The van der Waals surface area contributed by atoms with Crippen LogP contribution in [0.4, 0.5) is 0 Å². The van der Waals surface area contributed by atoms with Crippen molar-refractivity contribution in [2.24, 2.45) is 16.8 Å². The molecule has 0 saturated heterocycles. The van der Waals surface area contributed by atoms with Crippen LogP contribution in [0.3, 0.4) is 0 Å². The van der Waals surface area contributed by atoms with Crippen LogP contribution in [-0.4, -0.2) is 18.3 Å². The Morgan fingerprint density at radius 3 is 2.83 bits per heavy atom. The van der Waals surface area contributed by atoms with Gasteiger partial charge in [0.25, 0.3) is 0 Å². The quantitative estimate of drug-likeness (QED) is 0.359. The van der Waals surface area contributed by atoms with Gasteiger partial charge in [0, 0.05) is 24.4 Å². The SMILES string of the molecule is CCCCCCC1CC2=C(CC=N1)C1=C(C=CCC1)NC(C1CC=C(C)CC1C)C2. The lowest BCUT2D eigenvalue weighted by Crippen LogP contribution is -2.39. The van der Waals surface area contributed by atoms with Crippen LogP contribution >= 0.6 is 0 Å². The van der Waals surface area contributed by atoms with E-state index in [1.54, 1.807) is 22.3 Å². The highest BCUT2D eigenvalue weighted by Crippen LogP contribution is 2.41. The maximum Gasteiger partial charge on any atom is 0.0533 e. The average Bonchev–Trinajstić information content (AvgIpc) is 3.01. The largest absolute Gasteiger partial charge is 0.381 e. The first-order valence-corrected chi connectivity index (χ1v) is 12.7. The zero-order valence-corrected chi connectivity index (χ0v) is 19.6. The lowest BCUT2D eigenvalue weighted by Gasteiger charge is -2.36. The van der Waals surface area contributed by atoms with Crippen LogP contribution in [0.1, 0.15) is 97.8 Å². The van der Waals surface area contributed by atoms with Crippen LogP contribution in [0.25, 0.3) is 0 Å². The fraction of sp³-hybridized carbons (Fsp3) is 0.679. The number of nitrogens with zero attached hydrogens (tertiary/aromatic N) is 1. The van der Waals surface area contributed by atoms with Gasteiger partial charge in [0.2, 0.25) is 0 Å². The van der Waals surface area contributed by atoms with E-state index in [4.69, 9.17) is 4.99 Å². The van der Waals surface area contributed by atoms with E-state index in [0.29, 0.717) is 12.1 Å². The molecule has 0 aromatic rings. The third-order valence-corrected chi connectivity index (χ3v) is 7.88. The van der Waals surface area contributed by atoms with E-state index < -0.39 is 0 Å². The minimum absolute atomic E-state index is 0.502. The number of allylic oxidation sites excluding steroid dienone is 6. The van der Waals surface area contributed by atoms with Crippen LogP contribution < -0.4 is 5.32 Å². The number of unbranched alkanes of at least 4 members (excludes halogenated alkanes) is 3. The Balaban J connectivity index is 1.57. The molecule has 2 heteroatoms. The summed E-state index contributed by atoms with van der Waals surface area (Å²) >= 11 is 0. The van der Waals surface area contributed by atoms with E-state index in [-0.39, 0.29) is 0 Å². The number of hydrogen-bond donors (Lipinski definition) is 1. The maximum absolute atomic E-state index is 5.04. The third-order valence-electron chi connectivity index (χ3n) is 7.88. The van der Waals surface area contributed by atoms with Gasteiger partial charge in [-0.3, -0.25) is 4.99 Å². The Bertz CT molecular complexity index is 764. The predicted molar refractivity (Wildman–Crippen MR) is 130 cm³/mol. The molecule has 4 rings (SSSR count). The summed E-state index contributed by atoms with van der Waals surface area (Å²) in [5.41, 5.74) is 7.97. The van der Waals surface area contributed by atoms with Crippen LogP contribution in [-0.2, 0) is 0 Å². The summed E-state index contributed by atoms with van der Waals surface area (Å²) in [6.07, 6.45) is 24.5. The zero-order chi connectivity index (χ0) is 20.9. The molecule has 0 fully saturated rings. The number of fused-ring (bicyclic) bond motifs is 1. The normalized spacial score (nSPS) is 31.5. The molecule has 0 bridgehead atoms. The second kappa shape index (κ2) is 10.2. The molecular formula is C28H42N2. The summed E-state index contributed by atoms with van der Waals surface area (Å²) < 4.78 is 0. The van der Waals surface area contributed by atoms with E-state index in [2.05, 4.69) is 50.5 Å². The van der Waals surface area contributed by atoms with Crippen molar-refractivity contribution in [2.45, 2.75) is 110 Å². The zero-order valence-electron chi connectivity index (χ0n) is 19.6. The van der Waals surface area contributed by atoms with E-state index in [1.165, 1.54) is 76.3 Å². The van der Waals surface area contributed by atoms with Gasteiger partial charge in [-0.1, -0.05) is 62.8 Å². The van der Waals surface area contributed by atoms with Gasteiger partial charge in [-0.2, -0.15) is 0 Å². The van der Waals surface area contributed by atoms with Gasteiger partial charge in [0.15, 0.2) is 0 Å². The molecule has 2 heterocycles. The molecule has 1 N–H and O–H groups in total. The molecule has 164 valence electrons. The number of rotatable bonds is 6. The van der Waals surface area contributed by atoms with Crippen LogP contribution in [0, 0.1) is 11.8 Å². The van der Waals surface area contributed by atoms with Crippen molar-refractivity contribution in [3.63, 3.8) is 0 Å². The second-order valence-corrected chi connectivity index (χ2v) is 10.2. The molecule has 4 unspecified atom stereocenters. The molecule has 30 heavy (non-hydrogen) atoms. The fourth-order valence-electron chi connectivity index (χ4n) is 6.18. The molecule has 2 nitrogen and oxygen atoms in total. The molecule has 2 aliphatic carbocycles. The minimum Gasteiger partial charge on any atom is -0.381 e. The molecule has 4 aliphatic rings. The highest BCUT2D eigenvalue weighted by molar-refractivity contribution is 5.67. The molecular weight excluding hydrogens is 364 g/mol. The van der Waals surface area contributed by atoms with Crippen molar-refractivity contribution in [2.75, 3.05) is 0 Å². The molecule has 0 spiro atoms. The van der Waals surface area contributed by atoms with Crippen molar-refractivity contribution < 1.29 is 0 Å². The Morgan fingerprint density at radius 1 is 1.10 bits per heavy atom. The summed E-state index contributed by atoms with van der Waals surface area (Å²) in [5, 5.41) is 4.06. The number of hydrogen-bond acceptors (Lipinski definition) is 2. The van der Waals surface area contributed by atoms with Crippen molar-refractivity contribution in [1.29, 1.82) is 0 Å². The first-order chi connectivity index (χ1) is 14.7. The minimum atomic E-state index is 0.502. The van der Waals surface area contributed by atoms with Gasteiger partial charge in [-0.25, -0.2) is 0 Å². The fourth-order valence-corrected chi connectivity index (χ4v) is 6.18. The average molecular weight is 407 g/mol. The lowest BCUT2D eigenvalue weighted by molar-refractivity contribution is 0.259. The van der Waals surface area contributed by atoms with E-state index in [9.17, 15) is 0 Å². The number of nitrogens with one attached hydrogen (secondary N) is 1. The first kappa shape index (κ1) is 21.7. The van der Waals surface area contributed by atoms with Crippen LogP contribution in [0.15, 0.2) is 51.2 Å². The Hall–Kier alpha value is -1.57. The van der Waals surface area contributed by atoms with Gasteiger partial charge in [0.1, 0.15) is 0 Å². The molecule has 4 atom stereocenters. The molecule has 0 aromatic carbocycles. The van der Waals surface area contributed by atoms with Gasteiger partial charge in [-0.15, -0.1) is 0 Å². The third kappa shape index (κ3) is 5.01.